The molecule has 1 aliphatic heterocycles. The van der Waals surface area contributed by atoms with Gasteiger partial charge >= 0.3 is 0 Å². The van der Waals surface area contributed by atoms with Crippen LogP contribution in [0.25, 0.3) is 0 Å². The molecule has 1 unspecified atom stereocenters. The van der Waals surface area contributed by atoms with Crippen LogP contribution in [0.4, 0.5) is 0 Å². The van der Waals surface area contributed by atoms with Crippen LogP contribution in [0.5, 0.6) is 0 Å². The second-order valence-electron chi connectivity index (χ2n) is 6.42. The van der Waals surface area contributed by atoms with Crippen LogP contribution in [0, 0.1) is 17.2 Å². The van der Waals surface area contributed by atoms with Gasteiger partial charge < -0.3 is 5.32 Å². The number of piperazine rings is 1. The first-order valence-electron chi connectivity index (χ1n) is 7.47. The van der Waals surface area contributed by atoms with E-state index in [4.69, 9.17) is 0 Å². The molecule has 114 valence electrons. The summed E-state index contributed by atoms with van der Waals surface area (Å²) in [5.74, 6) is 0.0370. The van der Waals surface area contributed by atoms with Gasteiger partial charge in [-0.2, -0.15) is 5.26 Å². The molecular formula is C15H28N4O. The molecule has 5 nitrogen and oxygen atoms in total. The Morgan fingerprint density at radius 2 is 1.80 bits per heavy atom. The highest BCUT2D eigenvalue weighted by Crippen LogP contribution is 2.15. The van der Waals surface area contributed by atoms with Crippen LogP contribution in [-0.4, -0.2) is 60.0 Å². The van der Waals surface area contributed by atoms with Crippen LogP contribution in [0.3, 0.4) is 0 Å². The minimum absolute atomic E-state index is 0.0549. The molecule has 0 saturated carbocycles. The normalized spacial score (nSPS) is 20.7. The Bertz CT molecular complexity index is 367. The molecule has 5 heteroatoms. The van der Waals surface area contributed by atoms with Crippen LogP contribution in [0.1, 0.15) is 34.6 Å². The monoisotopic (exact) mass is 280 g/mol. The van der Waals surface area contributed by atoms with Gasteiger partial charge in [0.1, 0.15) is 5.54 Å². The van der Waals surface area contributed by atoms with Crippen molar-refractivity contribution in [1.29, 1.82) is 5.26 Å². The fourth-order valence-corrected chi connectivity index (χ4v) is 2.27. The van der Waals surface area contributed by atoms with Crippen molar-refractivity contribution in [1.82, 2.24) is 15.1 Å². The molecular weight excluding hydrogens is 252 g/mol. The Hall–Kier alpha value is -1.12. The molecule has 0 aromatic rings. The van der Waals surface area contributed by atoms with Crippen molar-refractivity contribution in [2.24, 2.45) is 5.92 Å². The van der Waals surface area contributed by atoms with E-state index >= 15 is 0 Å². The second kappa shape index (κ2) is 7.05. The predicted octanol–water partition coefficient (Wildman–Crippen LogP) is 1.07. The summed E-state index contributed by atoms with van der Waals surface area (Å²) in [5.41, 5.74) is -0.781. The maximum absolute atomic E-state index is 12.1. The maximum Gasteiger partial charge on any atom is 0.235 e. The average Bonchev–Trinajstić information content (AvgIpc) is 2.38. The van der Waals surface area contributed by atoms with Gasteiger partial charge in [-0.05, 0) is 26.7 Å². The third kappa shape index (κ3) is 4.46. The van der Waals surface area contributed by atoms with E-state index in [2.05, 4.69) is 35.0 Å². The molecule has 0 aromatic carbocycles. The Kier molecular flexibility index (Phi) is 5.97. The number of rotatable bonds is 5. The van der Waals surface area contributed by atoms with Gasteiger partial charge in [-0.3, -0.25) is 14.6 Å². The first-order chi connectivity index (χ1) is 9.28. The van der Waals surface area contributed by atoms with Crippen LogP contribution in [0.2, 0.25) is 0 Å². The summed E-state index contributed by atoms with van der Waals surface area (Å²) in [6, 6.07) is 2.77. The second-order valence-corrected chi connectivity index (χ2v) is 6.42. The number of amides is 1. The molecule has 0 radical (unpaired) electrons. The highest BCUT2D eigenvalue weighted by atomic mass is 16.2. The Balaban J connectivity index is 2.43. The van der Waals surface area contributed by atoms with Gasteiger partial charge in [0.05, 0.1) is 12.6 Å². The predicted molar refractivity (Wildman–Crippen MR) is 80.1 cm³/mol. The van der Waals surface area contributed by atoms with Crippen LogP contribution in [0.15, 0.2) is 0 Å². The number of nitrogens with one attached hydrogen (secondary N) is 1. The van der Waals surface area contributed by atoms with E-state index in [1.807, 2.05) is 13.8 Å². The number of nitrogens with zero attached hydrogens (tertiary/aromatic N) is 3. The lowest BCUT2D eigenvalue weighted by molar-refractivity contribution is -0.124. The number of carbonyl (C=O) groups excluding carboxylic acids is 1. The summed E-state index contributed by atoms with van der Waals surface area (Å²) < 4.78 is 0. The SMILES string of the molecule is CC(C)N1CCN(CC(=O)NC(C)(C#N)C(C)C)CC1. The number of hydrogen-bond donors (Lipinski definition) is 1. The van der Waals surface area contributed by atoms with Gasteiger partial charge in [0, 0.05) is 32.2 Å². The maximum atomic E-state index is 12.1. The van der Waals surface area contributed by atoms with Gasteiger partial charge in [-0.15, -0.1) is 0 Å². The van der Waals surface area contributed by atoms with Crippen molar-refractivity contribution in [3.8, 4) is 6.07 Å². The largest absolute Gasteiger partial charge is 0.337 e. The third-order valence-electron chi connectivity index (χ3n) is 4.29. The first-order valence-corrected chi connectivity index (χ1v) is 7.47. The molecule has 1 saturated heterocycles. The third-order valence-corrected chi connectivity index (χ3v) is 4.29. The smallest absolute Gasteiger partial charge is 0.235 e. The Labute approximate surface area is 122 Å². The van der Waals surface area contributed by atoms with E-state index in [9.17, 15) is 10.1 Å². The van der Waals surface area contributed by atoms with E-state index in [1.54, 1.807) is 6.92 Å². The highest BCUT2D eigenvalue weighted by Gasteiger charge is 2.30. The summed E-state index contributed by atoms with van der Waals surface area (Å²) in [5, 5.41) is 12.1. The molecule has 1 N–H and O–H groups in total. The van der Waals surface area contributed by atoms with Gasteiger partial charge in [0.2, 0.25) is 5.91 Å². The molecule has 0 aliphatic carbocycles. The van der Waals surface area contributed by atoms with Crippen molar-refractivity contribution in [3.63, 3.8) is 0 Å². The van der Waals surface area contributed by atoms with E-state index < -0.39 is 5.54 Å². The topological polar surface area (TPSA) is 59.4 Å². The fourth-order valence-electron chi connectivity index (χ4n) is 2.27. The standard InChI is InChI=1S/C15H28N4O/c1-12(2)15(5,11-16)17-14(20)10-18-6-8-19(9-7-18)13(3)4/h12-13H,6-10H2,1-5H3,(H,17,20). The van der Waals surface area contributed by atoms with Gasteiger partial charge in [-0.25, -0.2) is 0 Å². The van der Waals surface area contributed by atoms with Crippen molar-refractivity contribution in [2.75, 3.05) is 32.7 Å². The molecule has 0 bridgehead atoms. The summed E-state index contributed by atoms with van der Waals surface area (Å²) in [7, 11) is 0. The van der Waals surface area contributed by atoms with Crippen LogP contribution >= 0.6 is 0 Å². The van der Waals surface area contributed by atoms with Crippen LogP contribution in [-0.2, 0) is 4.79 Å². The van der Waals surface area contributed by atoms with Gasteiger partial charge in [0.15, 0.2) is 0 Å². The lowest BCUT2D eigenvalue weighted by atomic mass is 9.90. The van der Waals surface area contributed by atoms with E-state index in [0.717, 1.165) is 26.2 Å². The minimum atomic E-state index is -0.781. The molecule has 1 amide bonds. The molecule has 1 heterocycles. The van der Waals surface area contributed by atoms with Crippen molar-refractivity contribution >= 4 is 5.91 Å². The summed E-state index contributed by atoms with van der Waals surface area (Å²) in [6.45, 7) is 14.3. The van der Waals surface area contributed by atoms with Crippen LogP contribution < -0.4 is 5.32 Å². The lowest BCUT2D eigenvalue weighted by Crippen LogP contribution is -2.55. The molecule has 1 aliphatic rings. The van der Waals surface area contributed by atoms with Crippen molar-refractivity contribution in [3.05, 3.63) is 0 Å². The van der Waals surface area contributed by atoms with E-state index in [-0.39, 0.29) is 11.8 Å². The first kappa shape index (κ1) is 16.9. The van der Waals surface area contributed by atoms with Gasteiger partial charge in [0.25, 0.3) is 0 Å². The minimum Gasteiger partial charge on any atom is -0.337 e. The zero-order chi connectivity index (χ0) is 15.3. The fraction of sp³-hybridized carbons (Fsp3) is 0.867. The summed E-state index contributed by atoms with van der Waals surface area (Å²) in [6.07, 6.45) is 0. The average molecular weight is 280 g/mol. The Morgan fingerprint density at radius 1 is 1.25 bits per heavy atom. The molecule has 0 aromatic heterocycles. The summed E-state index contributed by atoms with van der Waals surface area (Å²) >= 11 is 0. The molecule has 20 heavy (non-hydrogen) atoms. The van der Waals surface area contributed by atoms with E-state index in [0.29, 0.717) is 12.6 Å². The molecule has 1 atom stereocenters. The number of hydrogen-bond acceptors (Lipinski definition) is 4. The summed E-state index contributed by atoms with van der Waals surface area (Å²) in [4.78, 5) is 16.7. The number of nitriles is 1. The lowest BCUT2D eigenvalue weighted by Gasteiger charge is -2.37. The van der Waals surface area contributed by atoms with Crippen molar-refractivity contribution < 1.29 is 4.79 Å². The zero-order valence-corrected chi connectivity index (χ0v) is 13.4. The highest BCUT2D eigenvalue weighted by molar-refractivity contribution is 5.79. The molecule has 1 fully saturated rings. The quantitative estimate of drug-likeness (QED) is 0.818. The molecule has 0 spiro atoms. The zero-order valence-electron chi connectivity index (χ0n) is 13.4. The van der Waals surface area contributed by atoms with Gasteiger partial charge in [-0.1, -0.05) is 13.8 Å². The molecule has 1 rings (SSSR count). The number of carbonyl (C=O) groups is 1. The van der Waals surface area contributed by atoms with E-state index in [1.165, 1.54) is 0 Å². The van der Waals surface area contributed by atoms with Crippen molar-refractivity contribution in [2.45, 2.75) is 46.2 Å². The Morgan fingerprint density at radius 3 is 2.20 bits per heavy atom.